The molecule has 18 heavy (non-hydrogen) atoms. The Kier molecular flexibility index (Phi) is 6.67. The van der Waals surface area contributed by atoms with Gasteiger partial charge < -0.3 is 10.5 Å². The third kappa shape index (κ3) is 4.90. The molecule has 0 saturated heterocycles. The monoisotopic (exact) mass is 377 g/mol. The van der Waals surface area contributed by atoms with Crippen molar-refractivity contribution in [2.45, 2.75) is 39.7 Å². The maximum absolute atomic E-state index is 5.86. The van der Waals surface area contributed by atoms with Crippen molar-refractivity contribution in [3.05, 3.63) is 26.6 Å². The van der Waals surface area contributed by atoms with Crippen molar-refractivity contribution in [3.63, 3.8) is 0 Å². The van der Waals surface area contributed by atoms with E-state index >= 15 is 0 Å². The molecule has 1 aromatic carbocycles. The lowest BCUT2D eigenvalue weighted by atomic mass is 10.1. The molecule has 0 aliphatic rings. The van der Waals surface area contributed by atoms with Crippen LogP contribution in [-0.2, 0) is 6.42 Å². The van der Waals surface area contributed by atoms with Crippen LogP contribution in [0.25, 0.3) is 0 Å². The van der Waals surface area contributed by atoms with Crippen LogP contribution in [0.5, 0.6) is 5.75 Å². The molecule has 2 N–H and O–H groups in total. The van der Waals surface area contributed by atoms with Gasteiger partial charge in [-0.15, -0.1) is 0 Å². The van der Waals surface area contributed by atoms with Crippen LogP contribution in [0.2, 0.25) is 0 Å². The van der Waals surface area contributed by atoms with E-state index in [-0.39, 0.29) is 6.04 Å². The lowest BCUT2D eigenvalue weighted by Crippen LogP contribution is -2.17. The van der Waals surface area contributed by atoms with E-state index in [4.69, 9.17) is 10.5 Å². The zero-order valence-electron chi connectivity index (χ0n) is 11.2. The molecular formula is C14H21Br2NO. The van der Waals surface area contributed by atoms with Gasteiger partial charge in [0.15, 0.2) is 0 Å². The van der Waals surface area contributed by atoms with Gasteiger partial charge in [-0.25, -0.2) is 0 Å². The number of nitrogens with two attached hydrogens (primary N) is 1. The minimum Gasteiger partial charge on any atom is -0.491 e. The largest absolute Gasteiger partial charge is 0.491 e. The van der Waals surface area contributed by atoms with Gasteiger partial charge in [0, 0.05) is 6.04 Å². The number of ether oxygens (including phenoxy) is 1. The van der Waals surface area contributed by atoms with Crippen molar-refractivity contribution in [2.75, 3.05) is 6.61 Å². The second kappa shape index (κ2) is 7.51. The second-order valence-electron chi connectivity index (χ2n) is 4.89. The third-order valence-electron chi connectivity index (χ3n) is 2.82. The van der Waals surface area contributed by atoms with Crippen LogP contribution in [0.15, 0.2) is 21.1 Å². The Bertz CT molecular complexity index is 370. The van der Waals surface area contributed by atoms with Crippen molar-refractivity contribution in [1.82, 2.24) is 0 Å². The van der Waals surface area contributed by atoms with E-state index in [0.29, 0.717) is 5.92 Å². The average Bonchev–Trinajstić information content (AvgIpc) is 2.26. The summed E-state index contributed by atoms with van der Waals surface area (Å²) in [6, 6.07) is 4.33. The van der Waals surface area contributed by atoms with E-state index in [1.807, 2.05) is 6.92 Å². The predicted molar refractivity (Wildman–Crippen MR) is 84.1 cm³/mol. The average molecular weight is 379 g/mol. The zero-order valence-corrected chi connectivity index (χ0v) is 14.3. The molecular weight excluding hydrogens is 358 g/mol. The first-order valence-corrected chi connectivity index (χ1v) is 7.88. The maximum atomic E-state index is 5.86. The Hall–Kier alpha value is -0.0600. The van der Waals surface area contributed by atoms with E-state index in [1.165, 1.54) is 5.56 Å². The quantitative estimate of drug-likeness (QED) is 0.789. The number of hydrogen-bond acceptors (Lipinski definition) is 2. The van der Waals surface area contributed by atoms with E-state index in [0.717, 1.165) is 34.1 Å². The molecule has 1 aromatic rings. The summed E-state index contributed by atoms with van der Waals surface area (Å²) in [4.78, 5) is 0. The van der Waals surface area contributed by atoms with E-state index in [1.54, 1.807) is 0 Å². The van der Waals surface area contributed by atoms with E-state index in [9.17, 15) is 0 Å². The highest BCUT2D eigenvalue weighted by Crippen LogP contribution is 2.35. The van der Waals surface area contributed by atoms with Crippen LogP contribution in [-0.4, -0.2) is 12.6 Å². The van der Waals surface area contributed by atoms with Gasteiger partial charge >= 0.3 is 0 Å². The molecule has 0 aliphatic carbocycles. The molecule has 0 aromatic heterocycles. The summed E-state index contributed by atoms with van der Waals surface area (Å²) in [5, 5.41) is 0. The molecule has 0 amide bonds. The minimum atomic E-state index is 0.163. The van der Waals surface area contributed by atoms with Crippen LogP contribution in [0.1, 0.15) is 32.8 Å². The van der Waals surface area contributed by atoms with E-state index < -0.39 is 0 Å². The molecule has 0 bridgehead atoms. The number of benzene rings is 1. The minimum absolute atomic E-state index is 0.163. The normalized spacial score (nSPS) is 14.3. The van der Waals surface area contributed by atoms with Crippen molar-refractivity contribution < 1.29 is 4.74 Å². The summed E-state index contributed by atoms with van der Waals surface area (Å²) in [7, 11) is 0. The molecule has 0 fully saturated rings. The van der Waals surface area contributed by atoms with Crippen molar-refractivity contribution in [3.8, 4) is 5.75 Å². The maximum Gasteiger partial charge on any atom is 0.147 e. The highest BCUT2D eigenvalue weighted by Gasteiger charge is 2.11. The summed E-state index contributed by atoms with van der Waals surface area (Å²) < 4.78 is 7.82. The summed E-state index contributed by atoms with van der Waals surface area (Å²) in [5.74, 6) is 1.44. The van der Waals surface area contributed by atoms with Gasteiger partial charge in [-0.05, 0) is 68.8 Å². The fourth-order valence-electron chi connectivity index (χ4n) is 1.58. The first-order valence-electron chi connectivity index (χ1n) is 6.30. The van der Waals surface area contributed by atoms with Crippen LogP contribution in [0, 0.1) is 5.92 Å². The standard InChI is InChI=1S/C14H21Br2NO/c1-4-9(2)8-18-14-12(15)6-11(5-10(3)17)7-13(14)16/h6-7,9-10H,4-5,8,17H2,1-3H3. The second-order valence-corrected chi connectivity index (χ2v) is 6.60. The molecule has 2 atom stereocenters. The lowest BCUT2D eigenvalue weighted by Gasteiger charge is -2.15. The van der Waals surface area contributed by atoms with Crippen molar-refractivity contribution in [1.29, 1.82) is 0 Å². The molecule has 0 radical (unpaired) electrons. The molecule has 102 valence electrons. The SMILES string of the molecule is CCC(C)COc1c(Br)cc(CC(C)N)cc1Br. The van der Waals surface area contributed by atoms with Gasteiger partial charge in [-0.1, -0.05) is 20.3 Å². The summed E-state index contributed by atoms with van der Waals surface area (Å²) in [6.07, 6.45) is 1.99. The first-order chi connectivity index (χ1) is 8.43. The van der Waals surface area contributed by atoms with E-state index in [2.05, 4.69) is 57.8 Å². The van der Waals surface area contributed by atoms with Crippen molar-refractivity contribution >= 4 is 31.9 Å². The number of rotatable bonds is 6. The van der Waals surface area contributed by atoms with Gasteiger partial charge in [-0.3, -0.25) is 0 Å². The summed E-state index contributed by atoms with van der Waals surface area (Å²) >= 11 is 7.13. The Morgan fingerprint density at radius 3 is 2.22 bits per heavy atom. The number of halogens is 2. The predicted octanol–water partition coefficient (Wildman–Crippen LogP) is 4.53. The van der Waals surface area contributed by atoms with Gasteiger partial charge in [0.1, 0.15) is 5.75 Å². The fraction of sp³-hybridized carbons (Fsp3) is 0.571. The highest BCUT2D eigenvalue weighted by molar-refractivity contribution is 9.11. The molecule has 4 heteroatoms. The molecule has 1 rings (SSSR count). The van der Waals surface area contributed by atoms with Gasteiger partial charge in [0.05, 0.1) is 15.6 Å². The Balaban J connectivity index is 2.81. The van der Waals surface area contributed by atoms with Gasteiger partial charge in [0.2, 0.25) is 0 Å². The zero-order chi connectivity index (χ0) is 13.7. The highest BCUT2D eigenvalue weighted by atomic mass is 79.9. The lowest BCUT2D eigenvalue weighted by molar-refractivity contribution is 0.253. The molecule has 2 unspecified atom stereocenters. The van der Waals surface area contributed by atoms with Gasteiger partial charge in [-0.2, -0.15) is 0 Å². The summed E-state index contributed by atoms with van der Waals surface area (Å²) in [6.45, 7) is 7.10. The topological polar surface area (TPSA) is 35.2 Å². The van der Waals surface area contributed by atoms with Crippen LogP contribution < -0.4 is 10.5 Å². The third-order valence-corrected chi connectivity index (χ3v) is 4.00. The van der Waals surface area contributed by atoms with Gasteiger partial charge in [0.25, 0.3) is 0 Å². The molecule has 2 nitrogen and oxygen atoms in total. The Morgan fingerprint density at radius 1 is 1.22 bits per heavy atom. The molecule has 0 spiro atoms. The molecule has 0 saturated carbocycles. The van der Waals surface area contributed by atoms with Crippen LogP contribution in [0.3, 0.4) is 0 Å². The van der Waals surface area contributed by atoms with Crippen LogP contribution in [0.4, 0.5) is 0 Å². The fourth-order valence-corrected chi connectivity index (χ4v) is 3.09. The van der Waals surface area contributed by atoms with Crippen LogP contribution >= 0.6 is 31.9 Å². The first kappa shape index (κ1) is 16.0. The molecule has 0 heterocycles. The smallest absolute Gasteiger partial charge is 0.147 e. The Morgan fingerprint density at radius 2 is 1.78 bits per heavy atom. The number of hydrogen-bond donors (Lipinski definition) is 1. The molecule has 0 aliphatic heterocycles. The summed E-state index contributed by atoms with van der Waals surface area (Å²) in [5.41, 5.74) is 7.03. The van der Waals surface area contributed by atoms with Crippen molar-refractivity contribution in [2.24, 2.45) is 11.7 Å². The Labute approximate surface area is 127 Å².